The number of aromatic nitrogens is 4. The average Bonchev–Trinajstić information content (AvgIpc) is 3.72. The van der Waals surface area contributed by atoms with Crippen LogP contribution in [-0.4, -0.2) is 14.1 Å². The Bertz CT molecular complexity index is 2690. The van der Waals surface area contributed by atoms with E-state index in [0.29, 0.717) is 0 Å². The second kappa shape index (κ2) is 11.7. The lowest BCUT2D eigenvalue weighted by molar-refractivity contribution is -0.567. The van der Waals surface area contributed by atoms with E-state index in [1.54, 1.807) is 0 Å². The van der Waals surface area contributed by atoms with Crippen molar-refractivity contribution in [2.75, 3.05) is 0 Å². The molecule has 4 nitrogen and oxygen atoms in total. The molecule has 4 heteroatoms. The van der Waals surface area contributed by atoms with Crippen molar-refractivity contribution in [3.05, 3.63) is 187 Å². The first-order valence-electron chi connectivity index (χ1n) is 17.2. The van der Waals surface area contributed by atoms with Crippen molar-refractivity contribution in [3.63, 3.8) is 0 Å². The summed E-state index contributed by atoms with van der Waals surface area (Å²) < 4.78 is 6.90. The molecular formula is C46H37N4+. The Balaban J connectivity index is 1.18. The first-order valence-corrected chi connectivity index (χ1v) is 17.2. The van der Waals surface area contributed by atoms with Crippen LogP contribution in [0.25, 0.3) is 61.2 Å². The van der Waals surface area contributed by atoms with Crippen LogP contribution in [-0.2, 0) is 5.41 Å². The van der Waals surface area contributed by atoms with Gasteiger partial charge >= 0.3 is 0 Å². The molecule has 240 valence electrons. The zero-order valence-corrected chi connectivity index (χ0v) is 28.5. The SMILES string of the molecule is Cc1ccccc1-c1ccnc(-n2c3ccccc3c3ccc(C(C)(C)c4cccc(-n5c[n+](-c6ccccc6)c6ccccc65)c4)cc32)c1. The third kappa shape index (κ3) is 4.83. The van der Waals surface area contributed by atoms with Crippen LogP contribution in [0.3, 0.4) is 0 Å². The maximum Gasteiger partial charge on any atom is 0.255 e. The highest BCUT2D eigenvalue weighted by atomic mass is 15.1. The number of rotatable bonds is 6. The largest absolute Gasteiger partial charge is 0.294 e. The molecule has 0 aliphatic carbocycles. The van der Waals surface area contributed by atoms with Gasteiger partial charge in [0.2, 0.25) is 0 Å². The maximum absolute atomic E-state index is 4.94. The summed E-state index contributed by atoms with van der Waals surface area (Å²) in [6, 6.07) is 56.6. The second-order valence-corrected chi connectivity index (χ2v) is 13.7. The minimum Gasteiger partial charge on any atom is -0.294 e. The van der Waals surface area contributed by atoms with Crippen molar-refractivity contribution in [1.29, 1.82) is 0 Å². The quantitative estimate of drug-likeness (QED) is 0.165. The number of pyridine rings is 1. The summed E-state index contributed by atoms with van der Waals surface area (Å²) in [4.78, 5) is 4.94. The van der Waals surface area contributed by atoms with Crippen molar-refractivity contribution >= 4 is 32.8 Å². The van der Waals surface area contributed by atoms with E-state index in [-0.39, 0.29) is 5.41 Å². The smallest absolute Gasteiger partial charge is 0.255 e. The molecule has 0 unspecified atom stereocenters. The van der Waals surface area contributed by atoms with Crippen LogP contribution in [0.15, 0.2) is 170 Å². The van der Waals surface area contributed by atoms with E-state index in [1.807, 2.05) is 6.20 Å². The standard InChI is InChI=1S/C46H37N4/c1-32-14-7-8-19-38(32)33-26-27-47-45(28-33)50-41-21-10-9-20-39(41)40-25-24-35(30-44(40)50)46(2,3)34-15-13-18-37(29-34)49-31-48(36-16-5-4-6-17-36)42-22-11-12-23-43(42)49/h4-31H,1-3H3/q+1. The molecule has 0 atom stereocenters. The molecule has 9 rings (SSSR count). The number of para-hydroxylation sites is 4. The topological polar surface area (TPSA) is 26.6 Å². The summed E-state index contributed by atoms with van der Waals surface area (Å²) in [6.45, 7) is 6.82. The number of hydrogen-bond acceptors (Lipinski definition) is 1. The number of nitrogens with zero attached hydrogens (tertiary/aromatic N) is 4. The zero-order valence-electron chi connectivity index (χ0n) is 28.5. The van der Waals surface area contributed by atoms with Gasteiger partial charge in [0.25, 0.3) is 6.33 Å². The molecule has 0 radical (unpaired) electrons. The van der Waals surface area contributed by atoms with Gasteiger partial charge in [0.15, 0.2) is 11.0 Å². The molecule has 9 aromatic rings. The maximum atomic E-state index is 4.94. The molecule has 0 N–H and O–H groups in total. The molecule has 0 saturated carbocycles. The Kier molecular flexibility index (Phi) is 6.99. The number of hydrogen-bond donors (Lipinski definition) is 0. The van der Waals surface area contributed by atoms with Crippen LogP contribution in [0.4, 0.5) is 0 Å². The first kappa shape index (κ1) is 29.8. The van der Waals surface area contributed by atoms with Gasteiger partial charge in [-0.05, 0) is 95.4 Å². The summed E-state index contributed by atoms with van der Waals surface area (Å²) in [7, 11) is 0. The molecule has 0 amide bonds. The van der Waals surface area contributed by atoms with E-state index in [0.717, 1.165) is 33.7 Å². The summed E-state index contributed by atoms with van der Waals surface area (Å²) in [5, 5.41) is 2.45. The average molecular weight is 646 g/mol. The normalized spacial score (nSPS) is 11.9. The lowest BCUT2D eigenvalue weighted by atomic mass is 9.77. The lowest BCUT2D eigenvalue weighted by Crippen LogP contribution is -2.28. The fourth-order valence-electron chi connectivity index (χ4n) is 7.53. The van der Waals surface area contributed by atoms with E-state index < -0.39 is 0 Å². The Morgan fingerprint density at radius 3 is 2.16 bits per heavy atom. The van der Waals surface area contributed by atoms with Gasteiger partial charge < -0.3 is 0 Å². The van der Waals surface area contributed by atoms with Crippen LogP contribution in [0.1, 0.15) is 30.5 Å². The van der Waals surface area contributed by atoms with Gasteiger partial charge in [0, 0.05) is 22.4 Å². The van der Waals surface area contributed by atoms with E-state index >= 15 is 0 Å². The Hall–Kier alpha value is -6.26. The van der Waals surface area contributed by atoms with Crippen LogP contribution in [0.2, 0.25) is 0 Å². The van der Waals surface area contributed by atoms with Gasteiger partial charge in [0.1, 0.15) is 17.2 Å². The van der Waals surface area contributed by atoms with Gasteiger partial charge in [-0.3, -0.25) is 4.57 Å². The molecule has 0 aliphatic heterocycles. The molecule has 0 fully saturated rings. The Morgan fingerprint density at radius 2 is 1.30 bits per heavy atom. The van der Waals surface area contributed by atoms with Crippen LogP contribution >= 0.6 is 0 Å². The van der Waals surface area contributed by atoms with Gasteiger partial charge in [-0.15, -0.1) is 0 Å². The minimum atomic E-state index is -0.278. The fourth-order valence-corrected chi connectivity index (χ4v) is 7.53. The van der Waals surface area contributed by atoms with Crippen molar-refractivity contribution in [3.8, 4) is 28.3 Å². The molecule has 6 aromatic carbocycles. The van der Waals surface area contributed by atoms with E-state index in [9.17, 15) is 0 Å². The van der Waals surface area contributed by atoms with Gasteiger partial charge in [-0.2, -0.15) is 9.13 Å². The van der Waals surface area contributed by atoms with Crippen molar-refractivity contribution in [2.24, 2.45) is 0 Å². The molecule has 3 heterocycles. The number of aryl methyl sites for hydroxylation is 1. The highest BCUT2D eigenvalue weighted by Crippen LogP contribution is 2.38. The zero-order chi connectivity index (χ0) is 33.8. The van der Waals surface area contributed by atoms with Gasteiger partial charge in [-0.1, -0.05) is 111 Å². The second-order valence-electron chi connectivity index (χ2n) is 13.7. The molecule has 0 aliphatic rings. The van der Waals surface area contributed by atoms with Crippen LogP contribution in [0.5, 0.6) is 0 Å². The first-order chi connectivity index (χ1) is 24.5. The van der Waals surface area contributed by atoms with E-state index in [2.05, 4.69) is 199 Å². The number of imidazole rings is 1. The van der Waals surface area contributed by atoms with Gasteiger partial charge in [0.05, 0.1) is 11.0 Å². The van der Waals surface area contributed by atoms with E-state index in [1.165, 1.54) is 44.1 Å². The lowest BCUT2D eigenvalue weighted by Gasteiger charge is -2.26. The molecule has 0 bridgehead atoms. The summed E-state index contributed by atoms with van der Waals surface area (Å²) in [5.74, 6) is 0.917. The third-order valence-corrected chi connectivity index (χ3v) is 10.3. The summed E-state index contributed by atoms with van der Waals surface area (Å²) in [6.07, 6.45) is 4.14. The molecule has 50 heavy (non-hydrogen) atoms. The minimum absolute atomic E-state index is 0.278. The van der Waals surface area contributed by atoms with Crippen molar-refractivity contribution < 1.29 is 4.57 Å². The molecule has 0 saturated heterocycles. The summed E-state index contributed by atoms with van der Waals surface area (Å²) in [5.41, 5.74) is 12.8. The molecule has 3 aromatic heterocycles. The monoisotopic (exact) mass is 645 g/mol. The van der Waals surface area contributed by atoms with Crippen molar-refractivity contribution in [1.82, 2.24) is 14.1 Å². The van der Waals surface area contributed by atoms with Gasteiger partial charge in [-0.25, -0.2) is 4.98 Å². The predicted molar refractivity (Wildman–Crippen MR) is 206 cm³/mol. The number of benzene rings is 6. The summed E-state index contributed by atoms with van der Waals surface area (Å²) >= 11 is 0. The fraction of sp³-hybridized carbons (Fsp3) is 0.0870. The number of fused-ring (bicyclic) bond motifs is 4. The molecular weight excluding hydrogens is 609 g/mol. The molecule has 0 spiro atoms. The van der Waals surface area contributed by atoms with Crippen LogP contribution in [0, 0.1) is 6.92 Å². The van der Waals surface area contributed by atoms with Crippen LogP contribution < -0.4 is 4.57 Å². The Labute approximate surface area is 292 Å². The third-order valence-electron chi connectivity index (χ3n) is 10.3. The highest BCUT2D eigenvalue weighted by molar-refractivity contribution is 6.09. The predicted octanol–water partition coefficient (Wildman–Crippen LogP) is 10.7. The van der Waals surface area contributed by atoms with E-state index in [4.69, 9.17) is 4.98 Å². The van der Waals surface area contributed by atoms with Crippen molar-refractivity contribution in [2.45, 2.75) is 26.2 Å². The highest BCUT2D eigenvalue weighted by Gasteiger charge is 2.27. The Morgan fingerprint density at radius 1 is 0.580 bits per heavy atom.